The first-order valence-electron chi connectivity index (χ1n) is 5.53. The lowest BCUT2D eigenvalue weighted by Gasteiger charge is -2.20. The highest BCUT2D eigenvalue weighted by atomic mass is 16.3. The zero-order valence-corrected chi connectivity index (χ0v) is 9.67. The molecule has 0 aliphatic rings. The molecule has 0 unspecified atom stereocenters. The smallest absolute Gasteiger partial charge is 0.254 e. The van der Waals surface area contributed by atoms with Crippen molar-refractivity contribution in [2.75, 3.05) is 26.3 Å². The highest BCUT2D eigenvalue weighted by molar-refractivity contribution is 5.94. The molecular formula is C12H18N2O3. The van der Waals surface area contributed by atoms with Crippen LogP contribution in [0, 0.1) is 0 Å². The van der Waals surface area contributed by atoms with E-state index in [0.29, 0.717) is 12.1 Å². The van der Waals surface area contributed by atoms with Gasteiger partial charge in [-0.3, -0.25) is 4.79 Å². The number of carbonyl (C=O) groups excluding carboxylic acids is 1. The molecule has 4 N–H and O–H groups in total. The molecule has 0 saturated carbocycles. The second kappa shape index (κ2) is 7.01. The number of aliphatic hydroxyl groups is 2. The van der Waals surface area contributed by atoms with Gasteiger partial charge in [-0.1, -0.05) is 12.1 Å². The summed E-state index contributed by atoms with van der Waals surface area (Å²) in [5.74, 6) is -0.205. The second-order valence-electron chi connectivity index (χ2n) is 3.64. The molecule has 5 heteroatoms. The number of hydrogen-bond donors (Lipinski definition) is 3. The molecule has 1 amide bonds. The number of carbonyl (C=O) groups is 1. The van der Waals surface area contributed by atoms with E-state index in [4.69, 9.17) is 15.9 Å². The van der Waals surface area contributed by atoms with E-state index in [-0.39, 0.29) is 32.2 Å². The molecule has 0 aliphatic heterocycles. The van der Waals surface area contributed by atoms with Crippen molar-refractivity contribution in [1.29, 1.82) is 0 Å². The average molecular weight is 238 g/mol. The highest BCUT2D eigenvalue weighted by Crippen LogP contribution is 2.08. The van der Waals surface area contributed by atoms with E-state index in [1.807, 2.05) is 6.07 Å². The average Bonchev–Trinajstić information content (AvgIpc) is 2.38. The van der Waals surface area contributed by atoms with Crippen molar-refractivity contribution in [3.63, 3.8) is 0 Å². The molecule has 1 aromatic carbocycles. The van der Waals surface area contributed by atoms with Gasteiger partial charge in [-0.15, -0.1) is 0 Å². The molecule has 0 aliphatic carbocycles. The Labute approximate surface area is 100 Å². The Balaban J connectivity index is 2.84. The van der Waals surface area contributed by atoms with E-state index in [9.17, 15) is 4.79 Å². The number of nitrogens with two attached hydrogens (primary N) is 1. The summed E-state index contributed by atoms with van der Waals surface area (Å²) < 4.78 is 0. The SMILES string of the molecule is NCc1cccc(C(=O)N(CCO)CCO)c1. The van der Waals surface area contributed by atoms with E-state index in [1.165, 1.54) is 4.90 Å². The number of benzene rings is 1. The molecule has 0 radical (unpaired) electrons. The van der Waals surface area contributed by atoms with Gasteiger partial charge < -0.3 is 20.8 Å². The van der Waals surface area contributed by atoms with Gasteiger partial charge in [0, 0.05) is 25.2 Å². The fourth-order valence-electron chi connectivity index (χ4n) is 1.57. The van der Waals surface area contributed by atoms with Crippen molar-refractivity contribution in [1.82, 2.24) is 4.90 Å². The molecule has 1 aromatic rings. The van der Waals surface area contributed by atoms with E-state index < -0.39 is 0 Å². The van der Waals surface area contributed by atoms with Crippen LogP contribution in [-0.4, -0.2) is 47.3 Å². The Kier molecular flexibility index (Phi) is 5.62. The van der Waals surface area contributed by atoms with Crippen LogP contribution in [-0.2, 0) is 6.54 Å². The normalized spacial score (nSPS) is 10.3. The molecule has 0 fully saturated rings. The van der Waals surface area contributed by atoms with Crippen molar-refractivity contribution in [3.8, 4) is 0 Å². The Morgan fingerprint density at radius 3 is 2.41 bits per heavy atom. The lowest BCUT2D eigenvalue weighted by atomic mass is 10.1. The summed E-state index contributed by atoms with van der Waals surface area (Å²) in [7, 11) is 0. The summed E-state index contributed by atoms with van der Waals surface area (Å²) in [6.07, 6.45) is 0. The molecule has 0 heterocycles. The van der Waals surface area contributed by atoms with Gasteiger partial charge in [0.2, 0.25) is 0 Å². The third kappa shape index (κ3) is 3.81. The molecule has 0 aromatic heterocycles. The van der Waals surface area contributed by atoms with Crippen LogP contribution in [0.5, 0.6) is 0 Å². The zero-order valence-electron chi connectivity index (χ0n) is 9.67. The van der Waals surface area contributed by atoms with Crippen LogP contribution in [0.25, 0.3) is 0 Å². The maximum absolute atomic E-state index is 12.1. The molecule has 0 spiro atoms. The summed E-state index contributed by atoms with van der Waals surface area (Å²) in [6.45, 7) is 0.560. The van der Waals surface area contributed by atoms with Gasteiger partial charge in [-0.25, -0.2) is 0 Å². The maximum atomic E-state index is 12.1. The van der Waals surface area contributed by atoms with Gasteiger partial charge in [0.05, 0.1) is 13.2 Å². The van der Waals surface area contributed by atoms with Crippen molar-refractivity contribution >= 4 is 5.91 Å². The fraction of sp³-hybridized carbons (Fsp3) is 0.417. The van der Waals surface area contributed by atoms with E-state index >= 15 is 0 Å². The minimum atomic E-state index is -0.205. The number of rotatable bonds is 6. The minimum absolute atomic E-state index is 0.123. The molecule has 1 rings (SSSR count). The number of aliphatic hydroxyl groups excluding tert-OH is 2. The van der Waals surface area contributed by atoms with Crippen LogP contribution in [0.4, 0.5) is 0 Å². The van der Waals surface area contributed by atoms with Crippen LogP contribution < -0.4 is 5.73 Å². The van der Waals surface area contributed by atoms with Crippen LogP contribution in [0.2, 0.25) is 0 Å². The first-order chi connectivity index (χ1) is 8.22. The topological polar surface area (TPSA) is 86.8 Å². The quantitative estimate of drug-likeness (QED) is 0.628. The van der Waals surface area contributed by atoms with Gasteiger partial charge in [-0.05, 0) is 17.7 Å². The molecule has 5 nitrogen and oxygen atoms in total. The molecule has 0 saturated heterocycles. The van der Waals surface area contributed by atoms with E-state index in [1.54, 1.807) is 18.2 Å². The zero-order chi connectivity index (χ0) is 12.7. The minimum Gasteiger partial charge on any atom is -0.395 e. The number of nitrogens with zero attached hydrogens (tertiary/aromatic N) is 1. The summed E-state index contributed by atoms with van der Waals surface area (Å²) in [5.41, 5.74) is 6.91. The Hall–Kier alpha value is -1.43. The highest BCUT2D eigenvalue weighted by Gasteiger charge is 2.14. The molecule has 0 atom stereocenters. The van der Waals surface area contributed by atoms with Gasteiger partial charge in [-0.2, -0.15) is 0 Å². The first kappa shape index (κ1) is 13.6. The van der Waals surface area contributed by atoms with Crippen molar-refractivity contribution in [2.45, 2.75) is 6.54 Å². The summed E-state index contributed by atoms with van der Waals surface area (Å²) >= 11 is 0. The van der Waals surface area contributed by atoms with Gasteiger partial charge in [0.25, 0.3) is 5.91 Å². The van der Waals surface area contributed by atoms with Gasteiger partial charge in [0.1, 0.15) is 0 Å². The van der Waals surface area contributed by atoms with E-state index in [2.05, 4.69) is 0 Å². The van der Waals surface area contributed by atoms with Crippen molar-refractivity contribution in [3.05, 3.63) is 35.4 Å². The lowest BCUT2D eigenvalue weighted by Crippen LogP contribution is -2.35. The van der Waals surface area contributed by atoms with Gasteiger partial charge >= 0.3 is 0 Å². The third-order valence-electron chi connectivity index (χ3n) is 2.44. The molecule has 94 valence electrons. The third-order valence-corrected chi connectivity index (χ3v) is 2.44. The monoisotopic (exact) mass is 238 g/mol. The number of amides is 1. The van der Waals surface area contributed by atoms with Crippen molar-refractivity contribution in [2.24, 2.45) is 5.73 Å². The second-order valence-corrected chi connectivity index (χ2v) is 3.64. The Bertz CT molecular complexity index is 363. The fourth-order valence-corrected chi connectivity index (χ4v) is 1.57. The lowest BCUT2D eigenvalue weighted by molar-refractivity contribution is 0.0684. The van der Waals surface area contributed by atoms with Crippen LogP contribution >= 0.6 is 0 Å². The van der Waals surface area contributed by atoms with Gasteiger partial charge in [0.15, 0.2) is 0 Å². The van der Waals surface area contributed by atoms with E-state index in [0.717, 1.165) is 5.56 Å². The molecule has 0 bridgehead atoms. The summed E-state index contributed by atoms with van der Waals surface area (Å²) in [4.78, 5) is 13.5. The summed E-state index contributed by atoms with van der Waals surface area (Å²) in [5, 5.41) is 17.7. The standard InChI is InChI=1S/C12H18N2O3/c13-9-10-2-1-3-11(8-10)12(17)14(4-6-15)5-7-16/h1-3,8,15-16H,4-7,9,13H2. The van der Waals surface area contributed by atoms with Crippen molar-refractivity contribution < 1.29 is 15.0 Å². The van der Waals surface area contributed by atoms with Crippen LogP contribution in [0.1, 0.15) is 15.9 Å². The molecule has 17 heavy (non-hydrogen) atoms. The predicted octanol–water partition coefficient (Wildman–Crippen LogP) is -0.428. The summed E-state index contributed by atoms with van der Waals surface area (Å²) in [6, 6.07) is 7.04. The predicted molar refractivity (Wildman–Crippen MR) is 64.4 cm³/mol. The number of hydrogen-bond acceptors (Lipinski definition) is 4. The first-order valence-corrected chi connectivity index (χ1v) is 5.53. The van der Waals surface area contributed by atoms with Crippen LogP contribution in [0.3, 0.4) is 0 Å². The Morgan fingerprint density at radius 1 is 1.24 bits per heavy atom. The Morgan fingerprint density at radius 2 is 1.88 bits per heavy atom. The largest absolute Gasteiger partial charge is 0.395 e. The van der Waals surface area contributed by atoms with Crippen LogP contribution in [0.15, 0.2) is 24.3 Å². The molecular weight excluding hydrogens is 220 g/mol. The maximum Gasteiger partial charge on any atom is 0.254 e.